The van der Waals surface area contributed by atoms with Crippen LogP contribution in [0.5, 0.6) is 0 Å². The van der Waals surface area contributed by atoms with Crippen molar-refractivity contribution in [2.75, 3.05) is 5.32 Å². The van der Waals surface area contributed by atoms with Gasteiger partial charge in [-0.2, -0.15) is 0 Å². The van der Waals surface area contributed by atoms with Crippen molar-refractivity contribution in [1.82, 2.24) is 0 Å². The van der Waals surface area contributed by atoms with Crippen molar-refractivity contribution in [3.63, 3.8) is 0 Å². The first-order valence-electron chi connectivity index (χ1n) is 10.7. The van der Waals surface area contributed by atoms with Crippen LogP contribution in [0.2, 0.25) is 0 Å². The van der Waals surface area contributed by atoms with Crippen molar-refractivity contribution in [1.29, 1.82) is 0 Å². The molecule has 1 aromatic carbocycles. The highest BCUT2D eigenvalue weighted by Crippen LogP contribution is 2.50. The normalized spacial score (nSPS) is 22.3. The van der Waals surface area contributed by atoms with Crippen molar-refractivity contribution in [3.8, 4) is 0 Å². The Balaban J connectivity index is 1.38. The van der Waals surface area contributed by atoms with Gasteiger partial charge in [0.1, 0.15) is 0 Å². The second-order valence-corrected chi connectivity index (χ2v) is 8.89. The van der Waals surface area contributed by atoms with Crippen LogP contribution in [0, 0.1) is 0 Å². The molecule has 4 aliphatic carbocycles. The lowest BCUT2D eigenvalue weighted by atomic mass is 9.78. The Kier molecular flexibility index (Phi) is 4.27. The molecule has 28 heavy (non-hydrogen) atoms. The lowest BCUT2D eigenvalue weighted by Gasteiger charge is -2.26. The summed E-state index contributed by atoms with van der Waals surface area (Å²) in [7, 11) is 0. The predicted molar refractivity (Wildman–Crippen MR) is 120 cm³/mol. The fourth-order valence-electron chi connectivity index (χ4n) is 5.17. The van der Waals surface area contributed by atoms with E-state index in [4.69, 9.17) is 0 Å². The zero-order chi connectivity index (χ0) is 19.1. The summed E-state index contributed by atoms with van der Waals surface area (Å²) in [5.74, 6) is 0. The van der Waals surface area contributed by atoms with E-state index in [-0.39, 0.29) is 5.41 Å². The van der Waals surface area contributed by atoms with Gasteiger partial charge in [-0.1, -0.05) is 61.9 Å². The Labute approximate surface area is 168 Å². The summed E-state index contributed by atoms with van der Waals surface area (Å²) in [6.07, 6.45) is 23.0. The molecule has 0 spiro atoms. The van der Waals surface area contributed by atoms with Gasteiger partial charge in [-0.3, -0.25) is 0 Å². The minimum absolute atomic E-state index is 0.141. The van der Waals surface area contributed by atoms with Gasteiger partial charge in [-0.05, 0) is 84.6 Å². The molecular formula is C27H29N. The average molecular weight is 368 g/mol. The van der Waals surface area contributed by atoms with Crippen molar-refractivity contribution >= 4 is 11.3 Å². The van der Waals surface area contributed by atoms with Crippen LogP contribution in [0.1, 0.15) is 63.5 Å². The van der Waals surface area contributed by atoms with E-state index in [1.54, 1.807) is 5.57 Å². The SMILES string of the molecule is CC1(C)C2=C(C=CCC2)c2ccc(NC3=CC=C(C4=CC=CCC4)CC3)cc21. The molecule has 1 heteroatoms. The number of hydrogen-bond acceptors (Lipinski definition) is 1. The molecule has 0 heterocycles. The van der Waals surface area contributed by atoms with E-state index in [0.29, 0.717) is 0 Å². The van der Waals surface area contributed by atoms with Crippen LogP contribution in [0.3, 0.4) is 0 Å². The molecule has 5 rings (SSSR count). The molecule has 0 radical (unpaired) electrons. The van der Waals surface area contributed by atoms with Crippen molar-refractivity contribution in [2.45, 2.75) is 57.8 Å². The van der Waals surface area contributed by atoms with Crippen LogP contribution in [-0.2, 0) is 5.41 Å². The van der Waals surface area contributed by atoms with E-state index in [2.05, 4.69) is 79.9 Å². The molecule has 1 aromatic rings. The minimum atomic E-state index is 0.141. The van der Waals surface area contributed by atoms with Gasteiger partial charge in [0.25, 0.3) is 0 Å². The molecule has 0 saturated heterocycles. The third-order valence-corrected chi connectivity index (χ3v) is 6.79. The number of rotatable bonds is 3. The summed E-state index contributed by atoms with van der Waals surface area (Å²) in [4.78, 5) is 0. The monoisotopic (exact) mass is 367 g/mol. The number of nitrogens with one attached hydrogen (secondary N) is 1. The van der Waals surface area contributed by atoms with Gasteiger partial charge in [-0.15, -0.1) is 0 Å². The van der Waals surface area contributed by atoms with E-state index in [0.717, 1.165) is 12.8 Å². The highest BCUT2D eigenvalue weighted by atomic mass is 14.9. The topological polar surface area (TPSA) is 12.0 Å². The van der Waals surface area contributed by atoms with Crippen LogP contribution >= 0.6 is 0 Å². The first kappa shape index (κ1) is 17.6. The third kappa shape index (κ3) is 2.94. The molecule has 0 atom stereocenters. The van der Waals surface area contributed by atoms with Gasteiger partial charge in [0.15, 0.2) is 0 Å². The van der Waals surface area contributed by atoms with Crippen molar-refractivity contribution in [3.05, 3.63) is 94.3 Å². The molecule has 0 aromatic heterocycles. The second-order valence-electron chi connectivity index (χ2n) is 8.89. The van der Waals surface area contributed by atoms with Gasteiger partial charge >= 0.3 is 0 Å². The zero-order valence-corrected chi connectivity index (χ0v) is 17.0. The Morgan fingerprint density at radius 1 is 0.857 bits per heavy atom. The maximum atomic E-state index is 3.70. The lowest BCUT2D eigenvalue weighted by Crippen LogP contribution is -2.18. The number of fused-ring (bicyclic) bond motifs is 2. The van der Waals surface area contributed by atoms with E-state index in [1.807, 2.05) is 0 Å². The highest BCUT2D eigenvalue weighted by molar-refractivity contribution is 5.87. The van der Waals surface area contributed by atoms with Crippen LogP contribution in [0.25, 0.3) is 5.57 Å². The Hall–Kier alpha value is -2.54. The quantitative estimate of drug-likeness (QED) is 0.588. The fourth-order valence-corrected chi connectivity index (χ4v) is 5.17. The molecular weight excluding hydrogens is 338 g/mol. The standard InChI is InChI=1S/C27H29N/c1-27(2)25-11-7-6-10-23(25)24-17-16-22(18-26(24)27)28-21-14-12-20(13-15-21)19-8-4-3-5-9-19/h3-4,6,8,10,12,14,16-18,28H,5,7,9,11,13,15H2,1-2H3. The molecule has 1 N–H and O–H groups in total. The molecule has 0 fully saturated rings. The first-order valence-corrected chi connectivity index (χ1v) is 10.7. The molecule has 1 nitrogen and oxygen atoms in total. The Morgan fingerprint density at radius 3 is 2.50 bits per heavy atom. The summed E-state index contributed by atoms with van der Waals surface area (Å²) >= 11 is 0. The molecule has 0 saturated carbocycles. The largest absolute Gasteiger partial charge is 0.359 e. The molecule has 0 bridgehead atoms. The summed E-state index contributed by atoms with van der Waals surface area (Å²) in [5.41, 5.74) is 11.7. The van der Waals surface area contributed by atoms with Crippen LogP contribution < -0.4 is 5.32 Å². The van der Waals surface area contributed by atoms with Gasteiger partial charge < -0.3 is 5.32 Å². The number of benzene rings is 1. The van der Waals surface area contributed by atoms with Gasteiger partial charge in [0.2, 0.25) is 0 Å². The summed E-state index contributed by atoms with van der Waals surface area (Å²) in [6, 6.07) is 6.96. The van der Waals surface area contributed by atoms with Crippen LogP contribution in [0.15, 0.2) is 83.1 Å². The van der Waals surface area contributed by atoms with E-state index in [9.17, 15) is 0 Å². The lowest BCUT2D eigenvalue weighted by molar-refractivity contribution is 0.607. The molecule has 142 valence electrons. The van der Waals surface area contributed by atoms with Gasteiger partial charge in [-0.25, -0.2) is 0 Å². The van der Waals surface area contributed by atoms with Crippen LogP contribution in [0.4, 0.5) is 5.69 Å². The summed E-state index contributed by atoms with van der Waals surface area (Å²) < 4.78 is 0. The van der Waals surface area contributed by atoms with Gasteiger partial charge in [0, 0.05) is 16.8 Å². The maximum Gasteiger partial charge on any atom is 0.0385 e. The fraction of sp³-hybridized carbons (Fsp3) is 0.333. The smallest absolute Gasteiger partial charge is 0.0385 e. The molecule has 0 amide bonds. The van der Waals surface area contributed by atoms with Crippen LogP contribution in [-0.4, -0.2) is 0 Å². The molecule has 4 aliphatic rings. The number of anilines is 1. The Morgan fingerprint density at radius 2 is 1.71 bits per heavy atom. The average Bonchev–Trinajstić information content (AvgIpc) is 2.97. The second kappa shape index (κ2) is 6.81. The zero-order valence-electron chi connectivity index (χ0n) is 17.0. The third-order valence-electron chi connectivity index (χ3n) is 6.79. The summed E-state index contributed by atoms with van der Waals surface area (Å²) in [5, 5.41) is 3.70. The molecule has 0 unspecified atom stereocenters. The maximum absolute atomic E-state index is 3.70. The number of allylic oxidation sites excluding steroid dienone is 12. The van der Waals surface area contributed by atoms with E-state index < -0.39 is 0 Å². The van der Waals surface area contributed by atoms with Crippen molar-refractivity contribution < 1.29 is 0 Å². The minimum Gasteiger partial charge on any atom is -0.359 e. The van der Waals surface area contributed by atoms with Gasteiger partial charge in [0.05, 0.1) is 0 Å². The first-order chi connectivity index (χ1) is 13.6. The Bertz CT molecular complexity index is 1000. The van der Waals surface area contributed by atoms with E-state index >= 15 is 0 Å². The van der Waals surface area contributed by atoms with E-state index in [1.165, 1.54) is 64.9 Å². The van der Waals surface area contributed by atoms with Crippen molar-refractivity contribution in [2.24, 2.45) is 0 Å². The highest BCUT2D eigenvalue weighted by Gasteiger charge is 2.37. The molecule has 0 aliphatic heterocycles. The summed E-state index contributed by atoms with van der Waals surface area (Å²) in [6.45, 7) is 4.77. The predicted octanol–water partition coefficient (Wildman–Crippen LogP) is 7.37. The number of hydrogen-bond donors (Lipinski definition) is 1.